The van der Waals surface area contributed by atoms with Gasteiger partial charge in [0.2, 0.25) is 0 Å². The molecule has 0 aliphatic carbocycles. The minimum Gasteiger partial charge on any atom is -0.478 e. The highest BCUT2D eigenvalue weighted by Crippen LogP contribution is 2.25. The first-order valence-corrected chi connectivity index (χ1v) is 8.28. The second-order valence-electron chi connectivity index (χ2n) is 6.34. The smallest absolute Gasteiger partial charge is 0.350 e. The molecular weight excluding hydrogens is 366 g/mol. The molecular formula is C20H17NO7. The summed E-state index contributed by atoms with van der Waals surface area (Å²) in [6.07, 6.45) is 1.21. The zero-order valence-electron chi connectivity index (χ0n) is 15.1. The van der Waals surface area contributed by atoms with Crippen LogP contribution >= 0.6 is 0 Å². The third-order valence-electron chi connectivity index (χ3n) is 3.67. The lowest BCUT2D eigenvalue weighted by Gasteiger charge is -2.29. The second kappa shape index (κ2) is 7.43. The van der Waals surface area contributed by atoms with Crippen molar-refractivity contribution in [2.24, 2.45) is 0 Å². The molecule has 2 N–H and O–H groups in total. The van der Waals surface area contributed by atoms with Crippen LogP contribution in [0.5, 0.6) is 11.5 Å². The number of nitrogens with one attached hydrogen (secondary N) is 1. The number of esters is 2. The first kappa shape index (κ1) is 19.0. The summed E-state index contributed by atoms with van der Waals surface area (Å²) in [4.78, 5) is 34.8. The number of cyclic esters (lactones) is 2. The predicted octanol–water partition coefficient (Wildman–Crippen LogP) is 3.31. The monoisotopic (exact) mass is 383 g/mol. The van der Waals surface area contributed by atoms with Gasteiger partial charge in [0.05, 0.1) is 5.56 Å². The van der Waals surface area contributed by atoms with Crippen molar-refractivity contribution in [2.45, 2.75) is 19.6 Å². The van der Waals surface area contributed by atoms with Gasteiger partial charge in [0, 0.05) is 25.7 Å². The molecule has 0 unspecified atom stereocenters. The molecule has 0 spiro atoms. The van der Waals surface area contributed by atoms with E-state index in [-0.39, 0.29) is 11.1 Å². The number of aromatic carboxylic acids is 1. The summed E-state index contributed by atoms with van der Waals surface area (Å²) in [6, 6.07) is 12.7. The summed E-state index contributed by atoms with van der Waals surface area (Å²) < 4.78 is 15.6. The summed E-state index contributed by atoms with van der Waals surface area (Å²) in [5.74, 6) is -3.00. The molecule has 0 saturated carbocycles. The maximum Gasteiger partial charge on any atom is 0.350 e. The highest BCUT2D eigenvalue weighted by molar-refractivity contribution is 6.15. The third kappa shape index (κ3) is 4.47. The minimum absolute atomic E-state index is 0.122. The van der Waals surface area contributed by atoms with Gasteiger partial charge in [-0.2, -0.15) is 0 Å². The quantitative estimate of drug-likeness (QED) is 0.460. The molecule has 0 amide bonds. The fraction of sp³-hybridized carbons (Fsp3) is 0.150. The number of carbonyl (C=O) groups is 3. The topological polar surface area (TPSA) is 111 Å². The first-order chi connectivity index (χ1) is 13.2. The Balaban J connectivity index is 1.66. The molecule has 144 valence electrons. The fourth-order valence-corrected chi connectivity index (χ4v) is 2.38. The Morgan fingerprint density at radius 1 is 1.04 bits per heavy atom. The van der Waals surface area contributed by atoms with Gasteiger partial charge in [-0.1, -0.05) is 6.07 Å². The molecule has 3 rings (SSSR count). The minimum atomic E-state index is -1.29. The number of rotatable bonds is 5. The molecule has 0 bridgehead atoms. The zero-order chi connectivity index (χ0) is 20.3. The Kier molecular flexibility index (Phi) is 5.04. The first-order valence-electron chi connectivity index (χ1n) is 8.28. The van der Waals surface area contributed by atoms with Crippen LogP contribution in [0.2, 0.25) is 0 Å². The molecule has 0 atom stereocenters. The van der Waals surface area contributed by atoms with Crippen LogP contribution in [0.1, 0.15) is 24.2 Å². The van der Waals surface area contributed by atoms with Crippen LogP contribution in [0.3, 0.4) is 0 Å². The molecule has 1 heterocycles. The van der Waals surface area contributed by atoms with Gasteiger partial charge in [-0.3, -0.25) is 0 Å². The molecule has 0 radical (unpaired) electrons. The number of carboxylic acids is 1. The van der Waals surface area contributed by atoms with Crippen LogP contribution in [0, 0.1) is 0 Å². The van der Waals surface area contributed by atoms with Gasteiger partial charge < -0.3 is 24.6 Å². The van der Waals surface area contributed by atoms with E-state index in [4.69, 9.17) is 19.3 Å². The lowest BCUT2D eigenvalue weighted by Crippen LogP contribution is -2.42. The Morgan fingerprint density at radius 3 is 2.29 bits per heavy atom. The Bertz CT molecular complexity index is 939. The lowest BCUT2D eigenvalue weighted by atomic mass is 10.2. The number of anilines is 1. The normalized spacial score (nSPS) is 15.3. The van der Waals surface area contributed by atoms with Gasteiger partial charge in [-0.25, -0.2) is 14.4 Å². The van der Waals surface area contributed by atoms with E-state index < -0.39 is 23.7 Å². The SMILES string of the molecule is CC1(C)OC(=O)C(=CNc2ccc(Oc3cccc(C(=O)O)c3)cc2)C(=O)O1. The standard InChI is InChI=1S/C20H17NO7/c1-20(2)27-18(24)16(19(25)28-20)11-21-13-6-8-14(9-7-13)26-15-5-3-4-12(10-15)17(22)23/h3-11,21H,1-2H3,(H,22,23). The molecule has 8 heteroatoms. The number of benzene rings is 2. The Hall–Kier alpha value is -3.81. The number of carboxylic acid groups (broad SMARTS) is 1. The van der Waals surface area contributed by atoms with E-state index in [1.54, 1.807) is 36.4 Å². The third-order valence-corrected chi connectivity index (χ3v) is 3.67. The molecule has 1 aliphatic rings. The van der Waals surface area contributed by atoms with Gasteiger partial charge >= 0.3 is 17.9 Å². The fourth-order valence-electron chi connectivity index (χ4n) is 2.38. The highest BCUT2D eigenvalue weighted by Gasteiger charge is 2.38. The molecule has 8 nitrogen and oxygen atoms in total. The molecule has 28 heavy (non-hydrogen) atoms. The highest BCUT2D eigenvalue weighted by atomic mass is 16.7. The second-order valence-corrected chi connectivity index (χ2v) is 6.34. The molecule has 0 aromatic heterocycles. The average molecular weight is 383 g/mol. The summed E-state index contributed by atoms with van der Waals surface area (Å²) in [6.45, 7) is 2.94. The molecule has 1 aliphatic heterocycles. The number of carbonyl (C=O) groups excluding carboxylic acids is 2. The van der Waals surface area contributed by atoms with Crippen molar-refractivity contribution in [3.05, 3.63) is 65.9 Å². The predicted molar refractivity (Wildman–Crippen MR) is 97.9 cm³/mol. The average Bonchev–Trinajstić information content (AvgIpc) is 2.61. The van der Waals surface area contributed by atoms with Crippen LogP contribution < -0.4 is 10.1 Å². The summed E-state index contributed by atoms with van der Waals surface area (Å²) in [5, 5.41) is 11.8. The van der Waals surface area contributed by atoms with Crippen molar-refractivity contribution >= 4 is 23.6 Å². The van der Waals surface area contributed by atoms with Gasteiger partial charge in [0.25, 0.3) is 5.79 Å². The van der Waals surface area contributed by atoms with Crippen molar-refractivity contribution < 1.29 is 33.7 Å². The summed E-state index contributed by atoms with van der Waals surface area (Å²) >= 11 is 0. The van der Waals surface area contributed by atoms with E-state index >= 15 is 0 Å². The maximum absolute atomic E-state index is 11.9. The van der Waals surface area contributed by atoms with Crippen molar-refractivity contribution in [1.82, 2.24) is 0 Å². The number of hydrogen-bond acceptors (Lipinski definition) is 7. The van der Waals surface area contributed by atoms with E-state index in [2.05, 4.69) is 5.32 Å². The van der Waals surface area contributed by atoms with Gasteiger partial charge in [0.15, 0.2) is 5.57 Å². The molecule has 2 aromatic rings. The number of ether oxygens (including phenoxy) is 3. The maximum atomic E-state index is 11.9. The Morgan fingerprint density at radius 2 is 1.68 bits per heavy atom. The van der Waals surface area contributed by atoms with E-state index in [0.29, 0.717) is 17.2 Å². The van der Waals surface area contributed by atoms with Gasteiger partial charge in [0.1, 0.15) is 11.5 Å². The van der Waals surface area contributed by atoms with E-state index in [9.17, 15) is 14.4 Å². The van der Waals surface area contributed by atoms with Crippen LogP contribution in [-0.2, 0) is 19.1 Å². The summed E-state index contributed by atoms with van der Waals surface area (Å²) in [5.41, 5.74) is 0.464. The van der Waals surface area contributed by atoms with Crippen LogP contribution in [-0.4, -0.2) is 28.8 Å². The van der Waals surface area contributed by atoms with Crippen molar-refractivity contribution in [2.75, 3.05) is 5.32 Å². The van der Waals surface area contributed by atoms with Crippen molar-refractivity contribution in [3.8, 4) is 11.5 Å². The van der Waals surface area contributed by atoms with Crippen molar-refractivity contribution in [1.29, 1.82) is 0 Å². The number of hydrogen-bond donors (Lipinski definition) is 2. The van der Waals surface area contributed by atoms with Gasteiger partial charge in [-0.15, -0.1) is 0 Å². The van der Waals surface area contributed by atoms with Gasteiger partial charge in [-0.05, 0) is 42.5 Å². The van der Waals surface area contributed by atoms with Crippen molar-refractivity contribution in [3.63, 3.8) is 0 Å². The Labute approximate surface area is 160 Å². The largest absolute Gasteiger partial charge is 0.478 e. The van der Waals surface area contributed by atoms with Crippen LogP contribution in [0.15, 0.2) is 60.3 Å². The lowest BCUT2D eigenvalue weighted by molar-refractivity contribution is -0.222. The zero-order valence-corrected chi connectivity index (χ0v) is 15.1. The van der Waals surface area contributed by atoms with E-state index in [1.807, 2.05) is 0 Å². The molecule has 1 saturated heterocycles. The van der Waals surface area contributed by atoms with Crippen LogP contribution in [0.4, 0.5) is 5.69 Å². The molecule has 2 aromatic carbocycles. The van der Waals surface area contributed by atoms with E-state index in [0.717, 1.165) is 0 Å². The van der Waals surface area contributed by atoms with Crippen LogP contribution in [0.25, 0.3) is 0 Å². The molecule has 1 fully saturated rings. The summed E-state index contributed by atoms with van der Waals surface area (Å²) in [7, 11) is 0. The van der Waals surface area contributed by atoms with E-state index in [1.165, 1.54) is 32.2 Å².